The van der Waals surface area contributed by atoms with Gasteiger partial charge in [-0.1, -0.05) is 43.5 Å². The monoisotopic (exact) mass is 300 g/mol. The van der Waals surface area contributed by atoms with Gasteiger partial charge in [0.2, 0.25) is 5.91 Å². The van der Waals surface area contributed by atoms with E-state index in [1.807, 2.05) is 0 Å². The number of aryl methyl sites for hydroxylation is 1. The van der Waals surface area contributed by atoms with Crippen LogP contribution in [0.15, 0.2) is 24.3 Å². The molecule has 2 aliphatic rings. The molecule has 0 saturated heterocycles. The first kappa shape index (κ1) is 15.5. The van der Waals surface area contributed by atoms with Crippen LogP contribution in [-0.2, 0) is 11.2 Å². The zero-order valence-electron chi connectivity index (χ0n) is 13.4. The molecular formula is C19H28N2O. The van der Waals surface area contributed by atoms with Gasteiger partial charge in [-0.3, -0.25) is 4.79 Å². The molecule has 3 rings (SSSR count). The van der Waals surface area contributed by atoms with Crippen LogP contribution < -0.4 is 11.1 Å². The third-order valence-electron chi connectivity index (χ3n) is 5.59. The van der Waals surface area contributed by atoms with E-state index in [2.05, 4.69) is 29.6 Å². The van der Waals surface area contributed by atoms with Crippen LogP contribution in [0.4, 0.5) is 0 Å². The highest BCUT2D eigenvalue weighted by atomic mass is 16.1. The van der Waals surface area contributed by atoms with E-state index in [9.17, 15) is 4.79 Å². The Bertz CT molecular complexity index is 520. The highest BCUT2D eigenvalue weighted by molar-refractivity contribution is 5.77. The average Bonchev–Trinajstić information content (AvgIpc) is 2.56. The largest absolute Gasteiger partial charge is 0.349 e. The quantitative estimate of drug-likeness (QED) is 0.894. The highest BCUT2D eigenvalue weighted by Gasteiger charge is 2.33. The maximum atomic E-state index is 12.6. The van der Waals surface area contributed by atoms with Gasteiger partial charge in [-0.05, 0) is 55.2 Å². The molecule has 1 unspecified atom stereocenters. The van der Waals surface area contributed by atoms with Crippen LogP contribution in [0.5, 0.6) is 0 Å². The van der Waals surface area contributed by atoms with Crippen molar-refractivity contribution in [3.8, 4) is 0 Å². The number of carbonyl (C=O) groups excluding carboxylic acids is 1. The Kier molecular flexibility index (Phi) is 4.82. The first-order valence-electron chi connectivity index (χ1n) is 8.80. The summed E-state index contributed by atoms with van der Waals surface area (Å²) >= 11 is 0. The van der Waals surface area contributed by atoms with Gasteiger partial charge in [-0.25, -0.2) is 0 Å². The standard InChI is InChI=1S/C19H28N2O/c20-14-19(11-4-1-5-12-19)13-18(22)21-17-10-6-8-15-7-2-3-9-16(15)17/h2-3,7,9,17H,1,4-6,8,10-14,20H2,(H,21,22). The third kappa shape index (κ3) is 3.35. The van der Waals surface area contributed by atoms with Gasteiger partial charge in [0, 0.05) is 6.42 Å². The summed E-state index contributed by atoms with van der Waals surface area (Å²) in [6.07, 6.45) is 9.89. The van der Waals surface area contributed by atoms with Crippen molar-refractivity contribution in [2.24, 2.45) is 11.1 Å². The third-order valence-corrected chi connectivity index (χ3v) is 5.59. The average molecular weight is 300 g/mol. The van der Waals surface area contributed by atoms with E-state index >= 15 is 0 Å². The zero-order valence-corrected chi connectivity index (χ0v) is 13.4. The summed E-state index contributed by atoms with van der Waals surface area (Å²) < 4.78 is 0. The Labute approximate surface area is 133 Å². The van der Waals surface area contributed by atoms with Gasteiger partial charge in [0.05, 0.1) is 6.04 Å². The molecule has 3 N–H and O–H groups in total. The van der Waals surface area contributed by atoms with Crippen LogP contribution >= 0.6 is 0 Å². The lowest BCUT2D eigenvalue weighted by molar-refractivity contribution is -0.124. The number of amides is 1. The van der Waals surface area contributed by atoms with E-state index in [4.69, 9.17) is 5.73 Å². The number of nitrogens with one attached hydrogen (secondary N) is 1. The number of hydrogen-bond acceptors (Lipinski definition) is 2. The summed E-state index contributed by atoms with van der Waals surface area (Å²) in [5.41, 5.74) is 8.77. The minimum atomic E-state index is 0.0521. The topological polar surface area (TPSA) is 55.1 Å². The van der Waals surface area contributed by atoms with E-state index < -0.39 is 0 Å². The fraction of sp³-hybridized carbons (Fsp3) is 0.632. The molecule has 120 valence electrons. The number of rotatable bonds is 4. The van der Waals surface area contributed by atoms with Gasteiger partial charge in [0.1, 0.15) is 0 Å². The molecule has 0 heterocycles. The summed E-state index contributed by atoms with van der Waals surface area (Å²) in [4.78, 5) is 12.6. The van der Waals surface area contributed by atoms with Crippen molar-refractivity contribution >= 4 is 5.91 Å². The molecule has 0 spiro atoms. The molecule has 1 amide bonds. The molecule has 0 aromatic heterocycles. The molecule has 1 aromatic carbocycles. The zero-order chi connectivity index (χ0) is 15.4. The van der Waals surface area contributed by atoms with E-state index in [0.717, 1.165) is 32.1 Å². The lowest BCUT2D eigenvalue weighted by Gasteiger charge is -2.36. The smallest absolute Gasteiger partial charge is 0.221 e. The van der Waals surface area contributed by atoms with E-state index in [1.165, 1.54) is 30.4 Å². The van der Waals surface area contributed by atoms with E-state index in [-0.39, 0.29) is 17.4 Å². The molecule has 3 heteroatoms. The predicted molar refractivity (Wildman–Crippen MR) is 89.5 cm³/mol. The van der Waals surface area contributed by atoms with E-state index in [1.54, 1.807) is 0 Å². The Hall–Kier alpha value is -1.35. The SMILES string of the molecule is NCC1(CC(=O)NC2CCCc3ccccc32)CCCCC1. The lowest BCUT2D eigenvalue weighted by atomic mass is 9.71. The molecule has 1 atom stereocenters. The number of fused-ring (bicyclic) bond motifs is 1. The summed E-state index contributed by atoms with van der Waals surface area (Å²) in [7, 11) is 0. The van der Waals surface area contributed by atoms with Gasteiger partial charge in [0.15, 0.2) is 0 Å². The van der Waals surface area contributed by atoms with Crippen molar-refractivity contribution in [2.75, 3.05) is 6.54 Å². The summed E-state index contributed by atoms with van der Waals surface area (Å²) in [6.45, 7) is 0.641. The number of nitrogens with two attached hydrogens (primary N) is 1. The predicted octanol–water partition coefficient (Wildman–Crippen LogP) is 3.48. The first-order valence-corrected chi connectivity index (χ1v) is 8.80. The minimum Gasteiger partial charge on any atom is -0.349 e. The Morgan fingerprint density at radius 2 is 1.95 bits per heavy atom. The highest BCUT2D eigenvalue weighted by Crippen LogP contribution is 2.38. The van der Waals surface area contributed by atoms with Crippen molar-refractivity contribution in [1.82, 2.24) is 5.32 Å². The van der Waals surface area contributed by atoms with E-state index in [0.29, 0.717) is 13.0 Å². The van der Waals surface area contributed by atoms with Crippen molar-refractivity contribution in [3.63, 3.8) is 0 Å². The van der Waals surface area contributed by atoms with Crippen molar-refractivity contribution in [2.45, 2.75) is 63.8 Å². The number of hydrogen-bond donors (Lipinski definition) is 2. The van der Waals surface area contributed by atoms with Gasteiger partial charge >= 0.3 is 0 Å². The lowest BCUT2D eigenvalue weighted by Crippen LogP contribution is -2.40. The maximum Gasteiger partial charge on any atom is 0.221 e. The molecular weight excluding hydrogens is 272 g/mol. The van der Waals surface area contributed by atoms with Crippen molar-refractivity contribution in [1.29, 1.82) is 0 Å². The second-order valence-electron chi connectivity index (χ2n) is 7.15. The molecule has 0 radical (unpaired) electrons. The van der Waals surface area contributed by atoms with Crippen LogP contribution in [0.3, 0.4) is 0 Å². The molecule has 2 aliphatic carbocycles. The molecule has 3 nitrogen and oxygen atoms in total. The van der Waals surface area contributed by atoms with Gasteiger partial charge in [-0.2, -0.15) is 0 Å². The number of carbonyl (C=O) groups is 1. The fourth-order valence-electron chi connectivity index (χ4n) is 4.24. The van der Waals surface area contributed by atoms with Crippen LogP contribution in [-0.4, -0.2) is 12.5 Å². The van der Waals surface area contributed by atoms with Gasteiger partial charge in [0.25, 0.3) is 0 Å². The second kappa shape index (κ2) is 6.82. The summed E-state index contributed by atoms with van der Waals surface area (Å²) in [6, 6.07) is 8.71. The molecule has 22 heavy (non-hydrogen) atoms. The van der Waals surface area contributed by atoms with Crippen LogP contribution in [0.2, 0.25) is 0 Å². The second-order valence-corrected chi connectivity index (χ2v) is 7.15. The van der Waals surface area contributed by atoms with Gasteiger partial charge < -0.3 is 11.1 Å². The molecule has 0 bridgehead atoms. The molecule has 1 aromatic rings. The Morgan fingerprint density at radius 3 is 2.73 bits per heavy atom. The van der Waals surface area contributed by atoms with Crippen molar-refractivity contribution < 1.29 is 4.79 Å². The first-order chi connectivity index (χ1) is 10.7. The summed E-state index contributed by atoms with van der Waals surface area (Å²) in [5.74, 6) is 0.189. The molecule has 0 aliphatic heterocycles. The maximum absolute atomic E-state index is 12.6. The number of benzene rings is 1. The normalized spacial score (nSPS) is 23.6. The van der Waals surface area contributed by atoms with Crippen molar-refractivity contribution in [3.05, 3.63) is 35.4 Å². The Morgan fingerprint density at radius 1 is 1.18 bits per heavy atom. The molecule has 1 fully saturated rings. The van der Waals surface area contributed by atoms with Crippen LogP contribution in [0, 0.1) is 5.41 Å². The summed E-state index contributed by atoms with van der Waals surface area (Å²) in [5, 5.41) is 3.29. The van der Waals surface area contributed by atoms with Crippen LogP contribution in [0.1, 0.15) is 68.5 Å². The van der Waals surface area contributed by atoms with Gasteiger partial charge in [-0.15, -0.1) is 0 Å². The van der Waals surface area contributed by atoms with Crippen LogP contribution in [0.25, 0.3) is 0 Å². The minimum absolute atomic E-state index is 0.0521. The Balaban J connectivity index is 1.65. The molecule has 1 saturated carbocycles. The fourth-order valence-corrected chi connectivity index (χ4v) is 4.24.